The Morgan fingerprint density at radius 3 is 2.39 bits per heavy atom. The maximum atomic E-state index is 12.5. The van der Waals surface area contributed by atoms with Crippen molar-refractivity contribution in [3.63, 3.8) is 0 Å². The van der Waals surface area contributed by atoms with Gasteiger partial charge in [-0.15, -0.1) is 0 Å². The minimum Gasteiger partial charge on any atom is -0.496 e. The molecular formula is C14H15F2NO. The van der Waals surface area contributed by atoms with Gasteiger partial charge in [-0.25, -0.2) is 8.78 Å². The molecule has 0 heterocycles. The van der Waals surface area contributed by atoms with Gasteiger partial charge in [0.15, 0.2) is 0 Å². The van der Waals surface area contributed by atoms with Gasteiger partial charge in [-0.1, -0.05) is 30.3 Å². The molecule has 96 valence electrons. The number of hydrogen-bond donors (Lipinski definition) is 1. The highest BCUT2D eigenvalue weighted by molar-refractivity contribution is 5.91. The molecule has 0 amide bonds. The average Bonchev–Trinajstić information content (AvgIpc) is 2.39. The van der Waals surface area contributed by atoms with Crippen LogP contribution < -0.4 is 10.5 Å². The van der Waals surface area contributed by atoms with Crippen molar-refractivity contribution >= 4 is 10.8 Å². The Labute approximate surface area is 104 Å². The molecule has 2 nitrogen and oxygen atoms in total. The van der Waals surface area contributed by atoms with Crippen LogP contribution in [0.4, 0.5) is 8.78 Å². The van der Waals surface area contributed by atoms with Gasteiger partial charge >= 0.3 is 0 Å². The van der Waals surface area contributed by atoms with Gasteiger partial charge in [-0.05, 0) is 23.4 Å². The molecule has 0 saturated carbocycles. The quantitative estimate of drug-likeness (QED) is 0.906. The van der Waals surface area contributed by atoms with Gasteiger partial charge < -0.3 is 10.5 Å². The van der Waals surface area contributed by atoms with Crippen LogP contribution >= 0.6 is 0 Å². The van der Waals surface area contributed by atoms with Crippen molar-refractivity contribution in [3.8, 4) is 5.75 Å². The topological polar surface area (TPSA) is 35.2 Å². The summed E-state index contributed by atoms with van der Waals surface area (Å²) < 4.78 is 30.3. The van der Waals surface area contributed by atoms with Crippen molar-refractivity contribution in [3.05, 3.63) is 42.0 Å². The first-order chi connectivity index (χ1) is 8.63. The Balaban J connectivity index is 2.46. The van der Waals surface area contributed by atoms with Crippen LogP contribution in [0.2, 0.25) is 0 Å². The van der Waals surface area contributed by atoms with Crippen molar-refractivity contribution in [1.29, 1.82) is 0 Å². The Hall–Kier alpha value is -1.68. The fourth-order valence-electron chi connectivity index (χ4n) is 2.03. The number of ether oxygens (including phenoxy) is 1. The third kappa shape index (κ3) is 2.43. The third-order valence-corrected chi connectivity index (χ3v) is 2.97. The van der Waals surface area contributed by atoms with E-state index in [0.717, 1.165) is 22.1 Å². The summed E-state index contributed by atoms with van der Waals surface area (Å²) in [5.74, 6) is 0.736. The van der Waals surface area contributed by atoms with Gasteiger partial charge in [0.2, 0.25) is 0 Å². The molecule has 0 fully saturated rings. The molecule has 4 heteroatoms. The number of nitrogens with two attached hydrogens (primary N) is 1. The summed E-state index contributed by atoms with van der Waals surface area (Å²) in [6, 6.07) is 10.0. The van der Waals surface area contributed by atoms with Crippen LogP contribution in [0.25, 0.3) is 10.8 Å². The first-order valence-corrected chi connectivity index (χ1v) is 5.72. The van der Waals surface area contributed by atoms with Crippen molar-refractivity contribution < 1.29 is 13.5 Å². The maximum Gasteiger partial charge on any atom is 0.253 e. The second kappa shape index (κ2) is 5.31. The number of fused-ring (bicyclic) bond motifs is 1. The van der Waals surface area contributed by atoms with E-state index < -0.39 is 12.5 Å². The third-order valence-electron chi connectivity index (χ3n) is 2.97. The smallest absolute Gasteiger partial charge is 0.253 e. The molecule has 2 rings (SSSR count). The number of rotatable bonds is 4. The lowest BCUT2D eigenvalue weighted by Crippen LogP contribution is -2.30. The highest BCUT2D eigenvalue weighted by Crippen LogP contribution is 2.29. The molecule has 0 aliphatic heterocycles. The molecule has 0 radical (unpaired) electrons. The van der Waals surface area contributed by atoms with Crippen molar-refractivity contribution in [2.24, 2.45) is 5.73 Å². The summed E-state index contributed by atoms with van der Waals surface area (Å²) in [4.78, 5) is 0. The molecule has 0 aliphatic carbocycles. The molecule has 1 unspecified atom stereocenters. The predicted octanol–water partition coefficient (Wildman–Crippen LogP) is 2.98. The van der Waals surface area contributed by atoms with Gasteiger partial charge in [0.05, 0.1) is 13.2 Å². The second-order valence-electron chi connectivity index (χ2n) is 4.17. The van der Waals surface area contributed by atoms with Crippen LogP contribution in [0.1, 0.15) is 5.56 Å². The van der Waals surface area contributed by atoms with Gasteiger partial charge in [0.1, 0.15) is 5.75 Å². The van der Waals surface area contributed by atoms with Gasteiger partial charge in [-0.3, -0.25) is 0 Å². The Morgan fingerprint density at radius 2 is 1.78 bits per heavy atom. The summed E-state index contributed by atoms with van der Waals surface area (Å²) in [5.41, 5.74) is 6.25. The first kappa shape index (κ1) is 12.8. The largest absolute Gasteiger partial charge is 0.496 e. The lowest BCUT2D eigenvalue weighted by atomic mass is 9.98. The molecule has 2 aromatic carbocycles. The molecule has 0 bridgehead atoms. The fourth-order valence-corrected chi connectivity index (χ4v) is 2.03. The summed E-state index contributed by atoms with van der Waals surface area (Å²) in [5, 5.41) is 1.83. The van der Waals surface area contributed by atoms with Crippen molar-refractivity contribution in [2.45, 2.75) is 18.9 Å². The molecule has 2 N–H and O–H groups in total. The highest BCUT2D eigenvalue weighted by Gasteiger charge is 2.17. The second-order valence-corrected chi connectivity index (χ2v) is 4.17. The molecule has 0 aliphatic rings. The fraction of sp³-hybridized carbons (Fsp3) is 0.286. The summed E-state index contributed by atoms with van der Waals surface area (Å²) in [6.07, 6.45) is -2.35. The minimum absolute atomic E-state index is 0.155. The summed E-state index contributed by atoms with van der Waals surface area (Å²) in [6.45, 7) is 0. The zero-order chi connectivity index (χ0) is 13.1. The van der Waals surface area contributed by atoms with E-state index in [2.05, 4.69) is 0 Å². The van der Waals surface area contributed by atoms with Crippen LogP contribution in [-0.4, -0.2) is 19.6 Å². The van der Waals surface area contributed by atoms with Crippen molar-refractivity contribution in [1.82, 2.24) is 0 Å². The SMILES string of the molecule is COc1ccc(CC(N)C(F)F)c2ccccc12. The number of halogens is 2. The first-order valence-electron chi connectivity index (χ1n) is 5.72. The van der Waals surface area contributed by atoms with Crippen LogP contribution in [0.3, 0.4) is 0 Å². The highest BCUT2D eigenvalue weighted by atomic mass is 19.3. The number of benzene rings is 2. The molecule has 1 atom stereocenters. The van der Waals surface area contributed by atoms with Gasteiger partial charge in [0, 0.05) is 5.39 Å². The molecule has 2 aromatic rings. The molecule has 0 saturated heterocycles. The van der Waals surface area contributed by atoms with Gasteiger partial charge in [-0.2, -0.15) is 0 Å². The van der Waals surface area contributed by atoms with Crippen molar-refractivity contribution in [2.75, 3.05) is 7.11 Å². The van der Waals surface area contributed by atoms with E-state index in [9.17, 15) is 8.78 Å². The Bertz CT molecular complexity index is 542. The Kier molecular flexibility index (Phi) is 3.77. The maximum absolute atomic E-state index is 12.5. The molecule has 18 heavy (non-hydrogen) atoms. The zero-order valence-electron chi connectivity index (χ0n) is 10.1. The summed E-state index contributed by atoms with van der Waals surface area (Å²) >= 11 is 0. The zero-order valence-corrected chi connectivity index (χ0v) is 10.1. The molecule has 0 spiro atoms. The monoisotopic (exact) mass is 251 g/mol. The van der Waals surface area contributed by atoms with E-state index in [1.807, 2.05) is 24.3 Å². The number of alkyl halides is 2. The van der Waals surface area contributed by atoms with E-state index in [1.165, 1.54) is 0 Å². The molecule has 0 aromatic heterocycles. The number of methoxy groups -OCH3 is 1. The average molecular weight is 251 g/mol. The van der Waals surface area contributed by atoms with E-state index in [4.69, 9.17) is 10.5 Å². The van der Waals surface area contributed by atoms with E-state index in [0.29, 0.717) is 0 Å². The minimum atomic E-state index is -2.51. The Morgan fingerprint density at radius 1 is 1.11 bits per heavy atom. The van der Waals surface area contributed by atoms with Crippen LogP contribution in [0, 0.1) is 0 Å². The normalized spacial score (nSPS) is 12.9. The van der Waals surface area contributed by atoms with E-state index in [1.54, 1.807) is 19.2 Å². The molecular weight excluding hydrogens is 236 g/mol. The lowest BCUT2D eigenvalue weighted by Gasteiger charge is -2.14. The van der Waals surface area contributed by atoms with Crippen LogP contribution in [-0.2, 0) is 6.42 Å². The lowest BCUT2D eigenvalue weighted by molar-refractivity contribution is 0.116. The number of hydrogen-bond acceptors (Lipinski definition) is 2. The summed E-state index contributed by atoms with van der Waals surface area (Å²) in [7, 11) is 1.59. The van der Waals surface area contributed by atoms with E-state index >= 15 is 0 Å². The van der Waals surface area contributed by atoms with Gasteiger partial charge in [0.25, 0.3) is 6.43 Å². The standard InChI is InChI=1S/C14H15F2NO/c1-18-13-7-6-9(8-12(17)14(15)16)10-4-2-3-5-11(10)13/h2-7,12,14H,8,17H2,1H3. The predicted molar refractivity (Wildman–Crippen MR) is 68.2 cm³/mol. The van der Waals surface area contributed by atoms with Crippen LogP contribution in [0.15, 0.2) is 36.4 Å². The van der Waals surface area contributed by atoms with Crippen LogP contribution in [0.5, 0.6) is 5.75 Å². The van der Waals surface area contributed by atoms with E-state index in [-0.39, 0.29) is 6.42 Å².